The molecule has 0 aliphatic rings. The molecule has 0 atom stereocenters. The van der Waals surface area contributed by atoms with Gasteiger partial charge in [-0.2, -0.15) is 0 Å². The van der Waals surface area contributed by atoms with Gasteiger partial charge in [-0.3, -0.25) is 4.57 Å². The van der Waals surface area contributed by atoms with Crippen molar-refractivity contribution in [3.05, 3.63) is 116 Å². The van der Waals surface area contributed by atoms with Gasteiger partial charge in [0.15, 0.2) is 0 Å². The molecule has 6 rings (SSSR count). The predicted octanol–water partition coefficient (Wildman–Crippen LogP) is 8.30. The largest absolute Gasteiger partial charge is 0.309 e. The van der Waals surface area contributed by atoms with Crippen molar-refractivity contribution >= 4 is 21.8 Å². The first-order valence-corrected chi connectivity index (χ1v) is 11.8. The molecule has 4 aromatic carbocycles. The summed E-state index contributed by atoms with van der Waals surface area (Å²) in [5.41, 5.74) is 5.80. The van der Waals surface area contributed by atoms with Crippen molar-refractivity contribution in [2.45, 2.75) is 20.8 Å². The van der Waals surface area contributed by atoms with Crippen LogP contribution >= 0.6 is 0 Å². The quantitative estimate of drug-likeness (QED) is 0.270. The van der Waals surface area contributed by atoms with Gasteiger partial charge in [0, 0.05) is 40.1 Å². The third kappa shape index (κ3) is 4.13. The maximum atomic E-state index is 4.62. The molecule has 0 saturated heterocycles. The standard InChI is InChI=1S/C27H19N3.C4H10/c1-3-9-20(10-4-1)27-28-17-18-29(27)22-15-16-26-24(19-22)23-13-7-8-14-25(23)30(26)21-11-5-2-6-12-21;1-4(2)3/h1-19H;4H,1-3H3. The zero-order valence-electron chi connectivity index (χ0n) is 19.9. The lowest BCUT2D eigenvalue weighted by atomic mass is 10.1. The van der Waals surface area contributed by atoms with E-state index in [1.165, 1.54) is 27.5 Å². The normalized spacial score (nSPS) is 11.1. The van der Waals surface area contributed by atoms with Crippen LogP contribution in [0.2, 0.25) is 0 Å². The van der Waals surface area contributed by atoms with Gasteiger partial charge < -0.3 is 4.57 Å². The van der Waals surface area contributed by atoms with Crippen LogP contribution < -0.4 is 0 Å². The Morgan fingerprint density at radius 1 is 0.618 bits per heavy atom. The molecular formula is C31H29N3. The van der Waals surface area contributed by atoms with Crippen LogP contribution in [-0.2, 0) is 0 Å². The minimum absolute atomic E-state index is 0.833. The number of hydrogen-bond acceptors (Lipinski definition) is 1. The minimum atomic E-state index is 0.833. The van der Waals surface area contributed by atoms with Gasteiger partial charge in [0.2, 0.25) is 0 Å². The highest BCUT2D eigenvalue weighted by molar-refractivity contribution is 6.09. The van der Waals surface area contributed by atoms with E-state index in [-0.39, 0.29) is 0 Å². The Balaban J connectivity index is 0.000000560. The molecule has 168 valence electrons. The Hall–Kier alpha value is -4.11. The first kappa shape index (κ1) is 21.7. The summed E-state index contributed by atoms with van der Waals surface area (Å²) >= 11 is 0. The van der Waals surface area contributed by atoms with Crippen LogP contribution in [-0.4, -0.2) is 14.1 Å². The third-order valence-electron chi connectivity index (χ3n) is 5.62. The van der Waals surface area contributed by atoms with E-state index in [1.807, 2.05) is 30.6 Å². The highest BCUT2D eigenvalue weighted by Gasteiger charge is 2.14. The fourth-order valence-electron chi connectivity index (χ4n) is 4.28. The molecule has 0 unspecified atom stereocenters. The van der Waals surface area contributed by atoms with Crippen molar-refractivity contribution in [1.82, 2.24) is 14.1 Å². The lowest BCUT2D eigenvalue weighted by Crippen LogP contribution is -1.97. The van der Waals surface area contributed by atoms with Crippen molar-refractivity contribution in [2.24, 2.45) is 5.92 Å². The van der Waals surface area contributed by atoms with Crippen LogP contribution in [0.25, 0.3) is 44.6 Å². The Kier molecular flexibility index (Phi) is 6.01. The molecule has 0 bridgehead atoms. The summed E-state index contributed by atoms with van der Waals surface area (Å²) in [6.45, 7) is 6.50. The number of hydrogen-bond donors (Lipinski definition) is 0. The first-order chi connectivity index (χ1) is 16.6. The van der Waals surface area contributed by atoms with E-state index in [0.29, 0.717) is 0 Å². The Morgan fingerprint density at radius 3 is 1.97 bits per heavy atom. The number of benzene rings is 4. The number of imidazole rings is 1. The monoisotopic (exact) mass is 443 g/mol. The predicted molar refractivity (Wildman–Crippen MR) is 144 cm³/mol. The fraction of sp³-hybridized carbons (Fsp3) is 0.129. The summed E-state index contributed by atoms with van der Waals surface area (Å²) in [6, 6.07) is 36.1. The van der Waals surface area contributed by atoms with E-state index in [2.05, 4.69) is 120 Å². The molecule has 0 aliphatic heterocycles. The summed E-state index contributed by atoms with van der Waals surface area (Å²) in [6.07, 6.45) is 3.89. The molecule has 0 amide bonds. The highest BCUT2D eigenvalue weighted by Crippen LogP contribution is 2.34. The molecule has 0 aliphatic carbocycles. The van der Waals surface area contributed by atoms with E-state index >= 15 is 0 Å². The molecule has 3 heteroatoms. The summed E-state index contributed by atoms with van der Waals surface area (Å²) in [7, 11) is 0. The smallest absolute Gasteiger partial charge is 0.144 e. The zero-order valence-corrected chi connectivity index (χ0v) is 19.9. The van der Waals surface area contributed by atoms with Gasteiger partial charge >= 0.3 is 0 Å². The first-order valence-electron chi connectivity index (χ1n) is 11.8. The van der Waals surface area contributed by atoms with Crippen LogP contribution in [0, 0.1) is 5.92 Å². The Bertz CT molecular complexity index is 1520. The number of fused-ring (bicyclic) bond motifs is 3. The van der Waals surface area contributed by atoms with Gasteiger partial charge in [0.1, 0.15) is 5.82 Å². The van der Waals surface area contributed by atoms with Gasteiger partial charge in [-0.1, -0.05) is 87.5 Å². The second-order valence-electron chi connectivity index (χ2n) is 9.11. The molecule has 0 N–H and O–H groups in total. The third-order valence-corrected chi connectivity index (χ3v) is 5.62. The number of rotatable bonds is 3. The molecule has 34 heavy (non-hydrogen) atoms. The number of aromatic nitrogens is 3. The second kappa shape index (κ2) is 9.40. The minimum Gasteiger partial charge on any atom is -0.309 e. The van der Waals surface area contributed by atoms with E-state index in [4.69, 9.17) is 0 Å². The van der Waals surface area contributed by atoms with E-state index in [0.717, 1.165) is 23.0 Å². The summed E-state index contributed by atoms with van der Waals surface area (Å²) in [4.78, 5) is 4.62. The lowest BCUT2D eigenvalue weighted by molar-refractivity contribution is 0.737. The van der Waals surface area contributed by atoms with Crippen LogP contribution in [0.5, 0.6) is 0 Å². The molecular weight excluding hydrogens is 414 g/mol. The van der Waals surface area contributed by atoms with Gasteiger partial charge in [-0.25, -0.2) is 4.98 Å². The van der Waals surface area contributed by atoms with Crippen molar-refractivity contribution < 1.29 is 0 Å². The van der Waals surface area contributed by atoms with Crippen LogP contribution in [0.4, 0.5) is 0 Å². The summed E-state index contributed by atoms with van der Waals surface area (Å²) in [5.74, 6) is 1.78. The second-order valence-corrected chi connectivity index (χ2v) is 9.11. The number of nitrogens with zero attached hydrogens (tertiary/aromatic N) is 3. The highest BCUT2D eigenvalue weighted by atomic mass is 15.1. The molecule has 3 nitrogen and oxygen atoms in total. The van der Waals surface area contributed by atoms with Gasteiger partial charge in [0.25, 0.3) is 0 Å². The molecule has 0 spiro atoms. The average molecular weight is 444 g/mol. The Morgan fingerprint density at radius 2 is 1.24 bits per heavy atom. The maximum absolute atomic E-state index is 4.62. The van der Waals surface area contributed by atoms with Gasteiger partial charge in [-0.15, -0.1) is 0 Å². The van der Waals surface area contributed by atoms with Crippen molar-refractivity contribution in [3.63, 3.8) is 0 Å². The summed E-state index contributed by atoms with van der Waals surface area (Å²) < 4.78 is 4.49. The number of para-hydroxylation sites is 2. The molecule has 0 saturated carbocycles. The van der Waals surface area contributed by atoms with Crippen LogP contribution in [0.15, 0.2) is 116 Å². The van der Waals surface area contributed by atoms with Crippen molar-refractivity contribution in [1.29, 1.82) is 0 Å². The topological polar surface area (TPSA) is 22.8 Å². The zero-order chi connectivity index (χ0) is 23.5. The lowest BCUT2D eigenvalue weighted by Gasteiger charge is -2.10. The molecule has 2 heterocycles. The van der Waals surface area contributed by atoms with E-state index in [9.17, 15) is 0 Å². The average Bonchev–Trinajstić information content (AvgIpc) is 3.48. The molecule has 0 fully saturated rings. The van der Waals surface area contributed by atoms with E-state index in [1.54, 1.807) is 0 Å². The molecule has 0 radical (unpaired) electrons. The van der Waals surface area contributed by atoms with Gasteiger partial charge in [-0.05, 0) is 42.3 Å². The maximum Gasteiger partial charge on any atom is 0.144 e. The van der Waals surface area contributed by atoms with Crippen molar-refractivity contribution in [3.8, 4) is 22.8 Å². The van der Waals surface area contributed by atoms with E-state index < -0.39 is 0 Å². The molecule has 2 aromatic heterocycles. The molecule has 6 aromatic rings. The summed E-state index contributed by atoms with van der Waals surface area (Å²) in [5, 5.41) is 2.49. The van der Waals surface area contributed by atoms with Gasteiger partial charge in [0.05, 0.1) is 11.0 Å². The van der Waals surface area contributed by atoms with Crippen molar-refractivity contribution in [2.75, 3.05) is 0 Å². The Labute approximate surface area is 200 Å². The SMILES string of the molecule is CC(C)C.c1ccc(-c2nccn2-c2ccc3c(c2)c2ccccc2n3-c2ccccc2)cc1. The fourth-order valence-corrected chi connectivity index (χ4v) is 4.28. The van der Waals surface area contributed by atoms with Crippen LogP contribution in [0.3, 0.4) is 0 Å². The van der Waals surface area contributed by atoms with Crippen LogP contribution in [0.1, 0.15) is 20.8 Å².